The summed E-state index contributed by atoms with van der Waals surface area (Å²) in [6, 6.07) is 7.79. The van der Waals surface area contributed by atoms with E-state index in [1.165, 1.54) is 25.4 Å². The average Bonchev–Trinajstić information content (AvgIpc) is 2.60. The van der Waals surface area contributed by atoms with Gasteiger partial charge < -0.3 is 15.4 Å². The van der Waals surface area contributed by atoms with E-state index in [9.17, 15) is 9.59 Å². The summed E-state index contributed by atoms with van der Waals surface area (Å²) in [4.78, 5) is 28.3. The molecule has 1 heterocycles. The number of methoxy groups -OCH3 is 1. The fraction of sp³-hybridized carbons (Fsp3) is 0.118. The van der Waals surface area contributed by atoms with Crippen LogP contribution in [-0.4, -0.2) is 30.5 Å². The third kappa shape index (κ3) is 4.33. The minimum atomic E-state index is -0.478. The summed E-state index contributed by atoms with van der Waals surface area (Å²) < 4.78 is 5.18. The van der Waals surface area contributed by atoms with Crippen LogP contribution in [0.25, 0.3) is 0 Å². The van der Waals surface area contributed by atoms with Crippen LogP contribution < -0.4 is 15.4 Å². The third-order valence-corrected chi connectivity index (χ3v) is 3.31. The van der Waals surface area contributed by atoms with E-state index in [0.29, 0.717) is 28.6 Å². The highest BCUT2D eigenvalue weighted by Gasteiger charge is 2.14. The number of halogens is 1. The average molecular weight is 346 g/mol. The molecule has 0 aliphatic carbocycles. The van der Waals surface area contributed by atoms with E-state index in [0.717, 1.165) is 0 Å². The molecule has 0 bridgehead atoms. The smallest absolute Gasteiger partial charge is 0.274 e. The Balaban J connectivity index is 2.20. The Kier molecular flexibility index (Phi) is 5.92. The molecule has 6 nitrogen and oxygen atoms in total. The molecule has 0 saturated carbocycles. The Morgan fingerprint density at radius 3 is 2.79 bits per heavy atom. The number of nitrogens with one attached hydrogen (secondary N) is 2. The summed E-state index contributed by atoms with van der Waals surface area (Å²) in [5.74, 6) is -0.326. The number of anilines is 1. The molecule has 0 unspecified atom stereocenters. The van der Waals surface area contributed by atoms with Crippen molar-refractivity contribution in [3.63, 3.8) is 0 Å². The van der Waals surface area contributed by atoms with E-state index < -0.39 is 5.91 Å². The molecule has 1 aromatic heterocycles. The zero-order valence-corrected chi connectivity index (χ0v) is 13.8. The molecule has 0 fully saturated rings. The first-order valence-electron chi connectivity index (χ1n) is 7.05. The number of ether oxygens (including phenoxy) is 1. The van der Waals surface area contributed by atoms with Crippen molar-refractivity contribution in [3.8, 4) is 5.75 Å². The van der Waals surface area contributed by atoms with Gasteiger partial charge in [-0.3, -0.25) is 14.6 Å². The van der Waals surface area contributed by atoms with Gasteiger partial charge >= 0.3 is 0 Å². The predicted molar refractivity (Wildman–Crippen MR) is 92.7 cm³/mol. The molecular formula is C17H16ClN3O3. The number of carbonyl (C=O) groups excluding carboxylic acids is 2. The van der Waals surface area contributed by atoms with Gasteiger partial charge in [0.25, 0.3) is 11.8 Å². The van der Waals surface area contributed by atoms with Crippen LogP contribution >= 0.6 is 11.6 Å². The van der Waals surface area contributed by atoms with E-state index in [4.69, 9.17) is 16.3 Å². The number of hydrogen-bond donors (Lipinski definition) is 2. The molecule has 2 aromatic rings. The molecule has 0 atom stereocenters. The lowest BCUT2D eigenvalue weighted by molar-refractivity contribution is 0.0958. The fourth-order valence-electron chi connectivity index (χ4n) is 1.93. The first kappa shape index (κ1) is 17.5. The van der Waals surface area contributed by atoms with Crippen LogP contribution in [0.4, 0.5) is 5.69 Å². The lowest BCUT2D eigenvalue weighted by Crippen LogP contribution is -2.24. The van der Waals surface area contributed by atoms with E-state index in [2.05, 4.69) is 22.2 Å². The SMILES string of the molecule is C=CCNC(=O)c1ccnc(C(=O)Nc2cc(Cl)ccc2OC)c1. The van der Waals surface area contributed by atoms with Gasteiger partial charge in [0, 0.05) is 23.3 Å². The fourth-order valence-corrected chi connectivity index (χ4v) is 2.10. The zero-order valence-electron chi connectivity index (χ0n) is 13.0. The summed E-state index contributed by atoms with van der Waals surface area (Å²) in [6.45, 7) is 3.86. The molecule has 0 saturated heterocycles. The maximum absolute atomic E-state index is 12.4. The van der Waals surface area contributed by atoms with Gasteiger partial charge in [-0.25, -0.2) is 0 Å². The van der Waals surface area contributed by atoms with Crippen molar-refractivity contribution in [3.05, 3.63) is 65.5 Å². The highest BCUT2D eigenvalue weighted by Crippen LogP contribution is 2.28. The molecule has 2 amide bonds. The summed E-state index contributed by atoms with van der Waals surface area (Å²) >= 11 is 5.94. The minimum absolute atomic E-state index is 0.100. The van der Waals surface area contributed by atoms with Crippen LogP contribution in [0.5, 0.6) is 5.75 Å². The van der Waals surface area contributed by atoms with Crippen molar-refractivity contribution in [2.75, 3.05) is 19.0 Å². The lowest BCUT2D eigenvalue weighted by atomic mass is 10.2. The number of aromatic nitrogens is 1. The maximum atomic E-state index is 12.4. The topological polar surface area (TPSA) is 80.3 Å². The molecule has 24 heavy (non-hydrogen) atoms. The van der Waals surface area contributed by atoms with Gasteiger partial charge in [0.05, 0.1) is 12.8 Å². The van der Waals surface area contributed by atoms with Crippen molar-refractivity contribution >= 4 is 29.1 Å². The molecular weight excluding hydrogens is 330 g/mol. The van der Waals surface area contributed by atoms with Crippen molar-refractivity contribution < 1.29 is 14.3 Å². The van der Waals surface area contributed by atoms with E-state index in [1.807, 2.05) is 0 Å². The second kappa shape index (κ2) is 8.12. The van der Waals surface area contributed by atoms with Crippen LogP contribution in [0.2, 0.25) is 5.02 Å². The normalized spacial score (nSPS) is 9.92. The molecule has 0 radical (unpaired) electrons. The molecule has 2 rings (SSSR count). The van der Waals surface area contributed by atoms with Crippen LogP contribution in [0.1, 0.15) is 20.8 Å². The Labute approximate surface area is 144 Å². The van der Waals surface area contributed by atoms with Crippen molar-refractivity contribution in [2.24, 2.45) is 0 Å². The van der Waals surface area contributed by atoms with Gasteiger partial charge in [-0.1, -0.05) is 17.7 Å². The molecule has 7 heteroatoms. The first-order chi connectivity index (χ1) is 11.5. The number of hydrogen-bond acceptors (Lipinski definition) is 4. The minimum Gasteiger partial charge on any atom is -0.495 e. The van der Waals surface area contributed by atoms with Crippen LogP contribution in [-0.2, 0) is 0 Å². The monoisotopic (exact) mass is 345 g/mol. The van der Waals surface area contributed by atoms with Crippen LogP contribution in [0.15, 0.2) is 49.2 Å². The Morgan fingerprint density at radius 2 is 2.08 bits per heavy atom. The number of amides is 2. The predicted octanol–water partition coefficient (Wildman–Crippen LogP) is 2.91. The first-order valence-corrected chi connectivity index (χ1v) is 7.43. The maximum Gasteiger partial charge on any atom is 0.274 e. The summed E-state index contributed by atoms with van der Waals surface area (Å²) in [6.07, 6.45) is 2.96. The van der Waals surface area contributed by atoms with Crippen molar-refractivity contribution in [1.82, 2.24) is 10.3 Å². The van der Waals surface area contributed by atoms with E-state index in [1.54, 1.807) is 24.3 Å². The van der Waals surface area contributed by atoms with Gasteiger partial charge in [-0.05, 0) is 30.3 Å². The third-order valence-electron chi connectivity index (χ3n) is 3.07. The second-order valence-electron chi connectivity index (χ2n) is 4.73. The Hall–Kier alpha value is -2.86. The molecule has 2 N–H and O–H groups in total. The van der Waals surface area contributed by atoms with Crippen molar-refractivity contribution in [1.29, 1.82) is 0 Å². The van der Waals surface area contributed by atoms with Crippen LogP contribution in [0, 0.1) is 0 Å². The summed E-state index contributed by atoms with van der Waals surface area (Å²) in [5.41, 5.74) is 0.844. The van der Waals surface area contributed by atoms with Gasteiger partial charge in [0.1, 0.15) is 11.4 Å². The molecule has 0 aliphatic heterocycles. The largest absolute Gasteiger partial charge is 0.495 e. The summed E-state index contributed by atoms with van der Waals surface area (Å²) in [7, 11) is 1.49. The van der Waals surface area contributed by atoms with Gasteiger partial charge in [-0.2, -0.15) is 0 Å². The Morgan fingerprint density at radius 1 is 1.29 bits per heavy atom. The zero-order chi connectivity index (χ0) is 17.5. The lowest BCUT2D eigenvalue weighted by Gasteiger charge is -2.10. The number of carbonyl (C=O) groups is 2. The van der Waals surface area contributed by atoms with Crippen LogP contribution in [0.3, 0.4) is 0 Å². The van der Waals surface area contributed by atoms with Gasteiger partial charge in [0.2, 0.25) is 0 Å². The number of nitrogens with zero attached hydrogens (tertiary/aromatic N) is 1. The van der Waals surface area contributed by atoms with E-state index in [-0.39, 0.29) is 11.6 Å². The van der Waals surface area contributed by atoms with E-state index >= 15 is 0 Å². The number of pyridine rings is 1. The Bertz CT molecular complexity index is 777. The van der Waals surface area contributed by atoms with Gasteiger partial charge in [-0.15, -0.1) is 6.58 Å². The molecule has 124 valence electrons. The number of rotatable bonds is 6. The molecule has 1 aromatic carbocycles. The molecule has 0 aliphatic rings. The van der Waals surface area contributed by atoms with Crippen molar-refractivity contribution in [2.45, 2.75) is 0 Å². The van der Waals surface area contributed by atoms with Gasteiger partial charge in [0.15, 0.2) is 0 Å². The second-order valence-corrected chi connectivity index (χ2v) is 5.16. The quantitative estimate of drug-likeness (QED) is 0.789. The highest BCUT2D eigenvalue weighted by atomic mass is 35.5. The molecule has 0 spiro atoms. The highest BCUT2D eigenvalue weighted by molar-refractivity contribution is 6.31. The summed E-state index contributed by atoms with van der Waals surface area (Å²) in [5, 5.41) is 5.76. The number of benzene rings is 1. The standard InChI is InChI=1S/C17H16ClN3O3/c1-3-7-20-16(22)11-6-8-19-14(9-11)17(23)21-13-10-12(18)4-5-15(13)24-2/h3-6,8-10H,1,7H2,2H3,(H,20,22)(H,21,23).